The molecule has 2 amide bonds. The molecule has 2 rings (SSSR count). The highest BCUT2D eigenvalue weighted by molar-refractivity contribution is 8.02. The molecule has 2 aromatic rings. The Kier molecular flexibility index (Phi) is 7.68. The van der Waals surface area contributed by atoms with Crippen LogP contribution in [0.15, 0.2) is 34.7 Å². The molecule has 0 fully saturated rings. The van der Waals surface area contributed by atoms with Crippen LogP contribution in [0.3, 0.4) is 0 Å². The fourth-order valence-corrected chi connectivity index (χ4v) is 3.71. The van der Waals surface area contributed by atoms with E-state index in [-0.39, 0.29) is 11.8 Å². The van der Waals surface area contributed by atoms with Crippen molar-refractivity contribution < 1.29 is 9.59 Å². The average molecular weight is 380 g/mol. The molecule has 1 heterocycles. The predicted molar refractivity (Wildman–Crippen MR) is 101 cm³/mol. The molecule has 0 radical (unpaired) electrons. The van der Waals surface area contributed by atoms with Gasteiger partial charge in [-0.2, -0.15) is 0 Å². The van der Waals surface area contributed by atoms with Crippen molar-refractivity contribution in [2.24, 2.45) is 0 Å². The van der Waals surface area contributed by atoms with Gasteiger partial charge in [0.2, 0.25) is 5.13 Å². The first-order valence-corrected chi connectivity index (χ1v) is 9.69. The summed E-state index contributed by atoms with van der Waals surface area (Å²) in [5.41, 5.74) is 5.32. The molecule has 1 atom stereocenters. The zero-order chi connectivity index (χ0) is 18.1. The summed E-state index contributed by atoms with van der Waals surface area (Å²) in [5.74, 6) is -0.658. The summed E-state index contributed by atoms with van der Waals surface area (Å²) in [4.78, 5) is 24.0. The number of hydrogen-bond acceptors (Lipinski definition) is 7. The van der Waals surface area contributed by atoms with Gasteiger partial charge in [0.15, 0.2) is 4.34 Å². The van der Waals surface area contributed by atoms with Crippen molar-refractivity contribution in [1.82, 2.24) is 21.0 Å². The van der Waals surface area contributed by atoms with Gasteiger partial charge in [0.05, 0.1) is 5.25 Å². The summed E-state index contributed by atoms with van der Waals surface area (Å²) >= 11 is 2.71. The molecule has 0 aliphatic carbocycles. The minimum atomic E-state index is -0.410. The monoisotopic (exact) mass is 379 g/mol. The van der Waals surface area contributed by atoms with Crippen LogP contribution in [0, 0.1) is 0 Å². The second-order valence-electron chi connectivity index (χ2n) is 5.22. The number of hydrazine groups is 1. The van der Waals surface area contributed by atoms with Gasteiger partial charge in [0.25, 0.3) is 11.8 Å². The standard InChI is InChI=1S/C16H21N5O2S2/c1-3-4-10-17-15-20-21-16(25-15)24-11(2)13(22)18-19-14(23)12-8-6-5-7-9-12/h5-9,11H,3-4,10H2,1-2H3,(H,17,20)(H,18,22)(H,19,23)/t11-/m0/s1. The van der Waals surface area contributed by atoms with E-state index in [2.05, 4.69) is 33.3 Å². The van der Waals surface area contributed by atoms with E-state index in [1.54, 1.807) is 31.2 Å². The van der Waals surface area contributed by atoms with Gasteiger partial charge < -0.3 is 5.32 Å². The summed E-state index contributed by atoms with van der Waals surface area (Å²) in [6, 6.07) is 8.69. The maximum absolute atomic E-state index is 12.1. The van der Waals surface area contributed by atoms with Crippen LogP contribution in [0.2, 0.25) is 0 Å². The van der Waals surface area contributed by atoms with Crippen molar-refractivity contribution in [3.05, 3.63) is 35.9 Å². The summed E-state index contributed by atoms with van der Waals surface area (Å²) in [6.45, 7) is 4.73. The molecule has 0 bridgehead atoms. The Balaban J connectivity index is 1.77. The maximum atomic E-state index is 12.1. The van der Waals surface area contributed by atoms with Crippen LogP contribution < -0.4 is 16.2 Å². The fraction of sp³-hybridized carbons (Fsp3) is 0.375. The lowest BCUT2D eigenvalue weighted by atomic mass is 10.2. The molecule has 9 heteroatoms. The predicted octanol–water partition coefficient (Wildman–Crippen LogP) is 2.69. The van der Waals surface area contributed by atoms with Crippen molar-refractivity contribution in [3.63, 3.8) is 0 Å². The number of aromatic nitrogens is 2. The molecule has 0 spiro atoms. The molecule has 0 saturated heterocycles. The Morgan fingerprint density at radius 2 is 1.96 bits per heavy atom. The molecule has 0 unspecified atom stereocenters. The highest BCUT2D eigenvalue weighted by Gasteiger charge is 2.18. The van der Waals surface area contributed by atoms with Gasteiger partial charge in [-0.05, 0) is 25.5 Å². The molecule has 0 saturated carbocycles. The number of rotatable bonds is 8. The van der Waals surface area contributed by atoms with E-state index in [0.717, 1.165) is 24.5 Å². The normalized spacial score (nSPS) is 11.6. The lowest BCUT2D eigenvalue weighted by molar-refractivity contribution is -0.121. The number of thioether (sulfide) groups is 1. The highest BCUT2D eigenvalue weighted by atomic mass is 32.2. The summed E-state index contributed by atoms with van der Waals surface area (Å²) in [5, 5.41) is 11.7. The smallest absolute Gasteiger partial charge is 0.269 e. The van der Waals surface area contributed by atoms with Gasteiger partial charge in [-0.25, -0.2) is 0 Å². The van der Waals surface area contributed by atoms with Crippen molar-refractivity contribution in [2.45, 2.75) is 36.3 Å². The molecule has 7 nitrogen and oxygen atoms in total. The van der Waals surface area contributed by atoms with Gasteiger partial charge in [-0.1, -0.05) is 54.6 Å². The van der Waals surface area contributed by atoms with Crippen LogP contribution in [0.4, 0.5) is 5.13 Å². The van der Waals surface area contributed by atoms with Gasteiger partial charge in [-0.3, -0.25) is 20.4 Å². The van der Waals surface area contributed by atoms with Crippen molar-refractivity contribution >= 4 is 40.0 Å². The van der Waals surface area contributed by atoms with Crippen LogP contribution in [0.1, 0.15) is 37.0 Å². The Bertz CT molecular complexity index is 693. The first-order valence-electron chi connectivity index (χ1n) is 7.99. The number of anilines is 1. The minimum Gasteiger partial charge on any atom is -0.360 e. The first kappa shape index (κ1) is 19.2. The van der Waals surface area contributed by atoms with E-state index >= 15 is 0 Å². The second kappa shape index (κ2) is 10.00. The van der Waals surface area contributed by atoms with Crippen molar-refractivity contribution in [1.29, 1.82) is 0 Å². The average Bonchev–Trinajstić information content (AvgIpc) is 3.07. The number of nitrogens with zero attached hydrogens (tertiary/aromatic N) is 2. The Morgan fingerprint density at radius 1 is 1.20 bits per heavy atom. The van der Waals surface area contributed by atoms with Gasteiger partial charge in [0, 0.05) is 12.1 Å². The molecule has 25 heavy (non-hydrogen) atoms. The summed E-state index contributed by atoms with van der Waals surface area (Å²) in [7, 11) is 0. The number of hydrogen-bond donors (Lipinski definition) is 3. The topological polar surface area (TPSA) is 96.0 Å². The minimum absolute atomic E-state index is 0.301. The first-order chi connectivity index (χ1) is 12.1. The number of unbranched alkanes of at least 4 members (excludes halogenated alkanes) is 1. The van der Waals surface area contributed by atoms with E-state index in [1.807, 2.05) is 6.07 Å². The molecular weight excluding hydrogens is 358 g/mol. The zero-order valence-corrected chi connectivity index (χ0v) is 15.7. The Morgan fingerprint density at radius 3 is 2.68 bits per heavy atom. The lowest BCUT2D eigenvalue weighted by Gasteiger charge is -2.11. The molecule has 0 aliphatic rings. The summed E-state index contributed by atoms with van der Waals surface area (Å²) in [6.07, 6.45) is 2.18. The fourth-order valence-electron chi connectivity index (χ4n) is 1.79. The Hall–Kier alpha value is -2.13. The second-order valence-corrected chi connectivity index (χ2v) is 7.79. The number of nitrogens with one attached hydrogen (secondary N) is 3. The quantitative estimate of drug-likeness (QED) is 0.371. The van der Waals surface area contributed by atoms with Crippen LogP contribution in [0.25, 0.3) is 0 Å². The van der Waals surface area contributed by atoms with E-state index in [9.17, 15) is 9.59 Å². The molecule has 1 aromatic carbocycles. The molecule has 134 valence electrons. The van der Waals surface area contributed by atoms with Crippen molar-refractivity contribution in [3.8, 4) is 0 Å². The summed E-state index contributed by atoms with van der Waals surface area (Å²) < 4.78 is 0.705. The van der Waals surface area contributed by atoms with Crippen molar-refractivity contribution in [2.75, 3.05) is 11.9 Å². The SMILES string of the molecule is CCCCNc1nnc(S[C@@H](C)C(=O)NNC(=O)c2ccccc2)s1. The van der Waals surface area contributed by atoms with Crippen LogP contribution in [-0.2, 0) is 4.79 Å². The van der Waals surface area contributed by atoms with E-state index in [4.69, 9.17) is 0 Å². The molecular formula is C16H21N5O2S2. The number of carbonyl (C=O) groups is 2. The van der Waals surface area contributed by atoms with Crippen LogP contribution in [-0.4, -0.2) is 33.8 Å². The van der Waals surface area contributed by atoms with Gasteiger partial charge >= 0.3 is 0 Å². The van der Waals surface area contributed by atoms with E-state index in [1.165, 1.54) is 23.1 Å². The number of benzene rings is 1. The molecule has 1 aromatic heterocycles. The third kappa shape index (κ3) is 6.35. The molecule has 0 aliphatic heterocycles. The largest absolute Gasteiger partial charge is 0.360 e. The van der Waals surface area contributed by atoms with Gasteiger partial charge in [0.1, 0.15) is 0 Å². The number of carbonyl (C=O) groups excluding carboxylic acids is 2. The van der Waals surface area contributed by atoms with E-state index < -0.39 is 5.25 Å². The maximum Gasteiger partial charge on any atom is 0.269 e. The Labute approximate surface area is 155 Å². The van der Waals surface area contributed by atoms with E-state index in [0.29, 0.717) is 9.90 Å². The zero-order valence-electron chi connectivity index (χ0n) is 14.1. The molecule has 3 N–H and O–H groups in total. The third-order valence-electron chi connectivity index (χ3n) is 3.20. The van der Waals surface area contributed by atoms with Crippen LogP contribution in [0.5, 0.6) is 0 Å². The van der Waals surface area contributed by atoms with Crippen LogP contribution >= 0.6 is 23.1 Å². The third-order valence-corrected chi connectivity index (χ3v) is 5.26. The highest BCUT2D eigenvalue weighted by Crippen LogP contribution is 2.28. The number of amides is 2. The van der Waals surface area contributed by atoms with Gasteiger partial charge in [-0.15, -0.1) is 10.2 Å². The lowest BCUT2D eigenvalue weighted by Crippen LogP contribution is -2.44.